The van der Waals surface area contributed by atoms with Gasteiger partial charge in [-0.05, 0) is 50.5 Å². The van der Waals surface area contributed by atoms with Gasteiger partial charge in [-0.15, -0.1) is 10.2 Å². The van der Waals surface area contributed by atoms with E-state index < -0.39 is 22.0 Å². The normalized spacial score (nSPS) is 12.6. The van der Waals surface area contributed by atoms with Crippen LogP contribution in [0.4, 0.5) is 10.8 Å². The molecular formula is C17H24N4O3S3. The summed E-state index contributed by atoms with van der Waals surface area (Å²) in [7, 11) is -3.66. The quantitative estimate of drug-likeness (QED) is 0.511. The summed E-state index contributed by atoms with van der Waals surface area (Å²) in [4.78, 5) is 12.7. The number of rotatable bonds is 8. The van der Waals surface area contributed by atoms with Crippen LogP contribution in [0.5, 0.6) is 0 Å². The highest BCUT2D eigenvalue weighted by molar-refractivity contribution is 8.01. The molecular weight excluding hydrogens is 404 g/mol. The predicted octanol–water partition coefficient (Wildman–Crippen LogP) is 3.45. The van der Waals surface area contributed by atoms with Gasteiger partial charge in [0.1, 0.15) is 6.04 Å². The summed E-state index contributed by atoms with van der Waals surface area (Å²) in [6.07, 6.45) is 2.11. The molecule has 0 aliphatic heterocycles. The lowest BCUT2D eigenvalue weighted by Gasteiger charge is -2.28. The van der Waals surface area contributed by atoms with E-state index >= 15 is 0 Å². The van der Waals surface area contributed by atoms with Crippen molar-refractivity contribution >= 4 is 49.8 Å². The number of hydrogen-bond acceptors (Lipinski definition) is 7. The maximum atomic E-state index is 12.7. The van der Waals surface area contributed by atoms with Crippen molar-refractivity contribution in [3.8, 4) is 0 Å². The first kappa shape index (κ1) is 21.6. The zero-order chi connectivity index (χ0) is 20.2. The minimum Gasteiger partial charge on any atom is -0.299 e. The highest BCUT2D eigenvalue weighted by atomic mass is 32.2. The molecule has 27 heavy (non-hydrogen) atoms. The van der Waals surface area contributed by atoms with Crippen LogP contribution in [0.2, 0.25) is 0 Å². The minimum atomic E-state index is -3.66. The number of carbonyl (C=O) groups is 1. The number of nitrogens with zero attached hydrogens (tertiary/aromatic N) is 3. The highest BCUT2D eigenvalue weighted by Gasteiger charge is 2.30. The molecule has 7 nitrogen and oxygen atoms in total. The van der Waals surface area contributed by atoms with E-state index in [1.807, 2.05) is 19.9 Å². The number of carbonyl (C=O) groups excluding carboxylic acids is 1. The Bertz CT molecular complexity index is 912. The number of benzene rings is 1. The van der Waals surface area contributed by atoms with Crippen LogP contribution in [0.15, 0.2) is 22.5 Å². The van der Waals surface area contributed by atoms with E-state index in [1.165, 1.54) is 11.3 Å². The van der Waals surface area contributed by atoms with Crippen LogP contribution < -0.4 is 9.62 Å². The Kier molecular flexibility index (Phi) is 7.24. The molecule has 0 aliphatic rings. The first-order valence-corrected chi connectivity index (χ1v) is 12.1. The monoisotopic (exact) mass is 428 g/mol. The fourth-order valence-corrected chi connectivity index (χ4v) is 5.24. The lowest BCUT2D eigenvalue weighted by atomic mass is 10.1. The summed E-state index contributed by atoms with van der Waals surface area (Å²) in [6.45, 7) is 7.48. The Morgan fingerprint density at radius 3 is 2.59 bits per heavy atom. The first-order valence-electron chi connectivity index (χ1n) is 8.47. The van der Waals surface area contributed by atoms with Crippen molar-refractivity contribution in [3.63, 3.8) is 0 Å². The summed E-state index contributed by atoms with van der Waals surface area (Å²) < 4.78 is 26.6. The third kappa shape index (κ3) is 5.66. The molecule has 0 saturated heterocycles. The summed E-state index contributed by atoms with van der Waals surface area (Å²) in [5.41, 5.74) is 2.46. The van der Waals surface area contributed by atoms with E-state index in [4.69, 9.17) is 0 Å². The number of aryl methyl sites for hydroxylation is 2. The number of anilines is 2. The van der Waals surface area contributed by atoms with E-state index in [0.717, 1.165) is 38.2 Å². The Balaban J connectivity index is 2.22. The number of sulfonamides is 1. The number of amides is 1. The van der Waals surface area contributed by atoms with Gasteiger partial charge in [-0.3, -0.25) is 14.4 Å². The molecule has 1 heterocycles. The maximum Gasteiger partial charge on any atom is 0.249 e. The minimum absolute atomic E-state index is 0.360. The second-order valence-corrected chi connectivity index (χ2v) is 10.4. The molecule has 0 bridgehead atoms. The Morgan fingerprint density at radius 1 is 1.30 bits per heavy atom. The second kappa shape index (κ2) is 9.03. The third-order valence-electron chi connectivity index (χ3n) is 3.90. The molecule has 0 spiro atoms. The van der Waals surface area contributed by atoms with Gasteiger partial charge in [-0.1, -0.05) is 36.1 Å². The zero-order valence-electron chi connectivity index (χ0n) is 16.0. The Morgan fingerprint density at radius 2 is 2.00 bits per heavy atom. The van der Waals surface area contributed by atoms with Gasteiger partial charge in [0.05, 0.1) is 11.9 Å². The Labute approximate surface area is 168 Å². The van der Waals surface area contributed by atoms with E-state index in [1.54, 1.807) is 30.8 Å². The van der Waals surface area contributed by atoms with Gasteiger partial charge >= 0.3 is 0 Å². The molecule has 1 atom stereocenters. The van der Waals surface area contributed by atoms with Gasteiger partial charge < -0.3 is 0 Å². The van der Waals surface area contributed by atoms with Gasteiger partial charge in [-0.25, -0.2) is 8.42 Å². The smallest absolute Gasteiger partial charge is 0.249 e. The topological polar surface area (TPSA) is 92.3 Å². The van der Waals surface area contributed by atoms with Gasteiger partial charge in [0.2, 0.25) is 21.1 Å². The molecule has 0 aliphatic carbocycles. The molecule has 0 fully saturated rings. The summed E-state index contributed by atoms with van der Waals surface area (Å²) in [5, 5.41) is 11.0. The molecule has 0 radical (unpaired) electrons. The summed E-state index contributed by atoms with van der Waals surface area (Å²) >= 11 is 2.85. The van der Waals surface area contributed by atoms with Crippen molar-refractivity contribution in [2.75, 3.05) is 21.6 Å². The van der Waals surface area contributed by atoms with Crippen molar-refractivity contribution in [2.45, 2.75) is 44.5 Å². The molecule has 1 N–H and O–H groups in total. The van der Waals surface area contributed by atoms with Crippen molar-refractivity contribution in [1.82, 2.24) is 10.2 Å². The maximum absolute atomic E-state index is 12.7. The average molecular weight is 429 g/mol. The third-order valence-corrected chi connectivity index (χ3v) is 7.32. The molecule has 2 aromatic rings. The molecule has 1 unspecified atom stereocenters. The number of aromatic nitrogens is 2. The van der Waals surface area contributed by atoms with Crippen molar-refractivity contribution in [3.05, 3.63) is 29.3 Å². The molecule has 148 valence electrons. The van der Waals surface area contributed by atoms with Crippen LogP contribution in [0.1, 0.15) is 31.4 Å². The van der Waals surface area contributed by atoms with Gasteiger partial charge in [-0.2, -0.15) is 0 Å². The largest absolute Gasteiger partial charge is 0.299 e. The average Bonchev–Trinajstić information content (AvgIpc) is 3.02. The van der Waals surface area contributed by atoms with Gasteiger partial charge in [0, 0.05) is 5.75 Å². The van der Waals surface area contributed by atoms with Crippen LogP contribution in [0, 0.1) is 13.8 Å². The predicted molar refractivity (Wildman–Crippen MR) is 112 cm³/mol. The zero-order valence-corrected chi connectivity index (χ0v) is 18.5. The number of hydrogen-bond donors (Lipinski definition) is 1. The number of thioether (sulfide) groups is 1. The molecule has 1 aromatic carbocycles. The van der Waals surface area contributed by atoms with Gasteiger partial charge in [0.25, 0.3) is 0 Å². The van der Waals surface area contributed by atoms with Crippen LogP contribution in [-0.4, -0.2) is 42.6 Å². The van der Waals surface area contributed by atoms with Gasteiger partial charge in [0.15, 0.2) is 4.34 Å². The van der Waals surface area contributed by atoms with E-state index in [0.29, 0.717) is 10.8 Å². The molecule has 2 rings (SSSR count). The Hall–Kier alpha value is -1.65. The van der Waals surface area contributed by atoms with E-state index in [-0.39, 0.29) is 0 Å². The van der Waals surface area contributed by atoms with E-state index in [9.17, 15) is 13.2 Å². The molecule has 1 amide bonds. The van der Waals surface area contributed by atoms with E-state index in [2.05, 4.69) is 22.4 Å². The van der Waals surface area contributed by atoms with Crippen LogP contribution in [-0.2, 0) is 14.8 Å². The summed E-state index contributed by atoms with van der Waals surface area (Å²) in [5.74, 6) is 0.468. The number of nitrogens with one attached hydrogen (secondary N) is 1. The molecule has 0 saturated carbocycles. The first-order chi connectivity index (χ1) is 12.6. The van der Waals surface area contributed by atoms with Crippen LogP contribution in [0.3, 0.4) is 0 Å². The molecule has 1 aromatic heterocycles. The lowest BCUT2D eigenvalue weighted by Crippen LogP contribution is -2.45. The fraction of sp³-hybridized carbons (Fsp3) is 0.471. The standard InChI is InChI=1S/C17H24N4O3S3/c1-6-9-25-17-20-19-16(26-17)18-15(22)13(4)21(27(5,23)24)14-8-7-11(2)12(3)10-14/h7-8,10,13H,6,9H2,1-5H3,(H,18,19,22). The lowest BCUT2D eigenvalue weighted by molar-refractivity contribution is -0.116. The SMILES string of the molecule is CCCSc1nnc(NC(=O)C(C)N(c2ccc(C)c(C)c2)S(C)(=O)=O)s1. The molecule has 10 heteroatoms. The highest BCUT2D eigenvalue weighted by Crippen LogP contribution is 2.27. The van der Waals surface area contributed by atoms with Crippen molar-refractivity contribution in [1.29, 1.82) is 0 Å². The summed E-state index contributed by atoms with van der Waals surface area (Å²) in [6, 6.07) is 4.38. The second-order valence-electron chi connectivity index (χ2n) is 6.21. The van der Waals surface area contributed by atoms with Crippen molar-refractivity contribution < 1.29 is 13.2 Å². The fourth-order valence-electron chi connectivity index (χ4n) is 2.39. The van der Waals surface area contributed by atoms with Crippen LogP contribution >= 0.6 is 23.1 Å². The van der Waals surface area contributed by atoms with Crippen LogP contribution in [0.25, 0.3) is 0 Å². The van der Waals surface area contributed by atoms with Crippen molar-refractivity contribution in [2.24, 2.45) is 0 Å².